The van der Waals surface area contributed by atoms with Gasteiger partial charge >= 0.3 is 0 Å². The van der Waals surface area contributed by atoms with Gasteiger partial charge in [0.1, 0.15) is 17.0 Å². The molecule has 0 aliphatic heterocycles. The molecule has 0 amide bonds. The fourth-order valence-electron chi connectivity index (χ4n) is 7.92. The lowest BCUT2D eigenvalue weighted by atomic mass is 10.1. The SMILES string of the molecule is c1ccc(-c2nc(-c3ccc4c(c3)oc3ccccc34)cc(-n3c4ccccc4c4c5c6ccccc6n(-c6ccccc6)c5ccc43)n2)cc1. The van der Waals surface area contributed by atoms with E-state index >= 15 is 0 Å². The van der Waals surface area contributed by atoms with E-state index in [1.54, 1.807) is 0 Å². The number of aromatic nitrogens is 4. The Morgan fingerprint density at radius 2 is 0.980 bits per heavy atom. The smallest absolute Gasteiger partial charge is 0.162 e. The van der Waals surface area contributed by atoms with Gasteiger partial charge in [-0.1, -0.05) is 109 Å². The highest BCUT2D eigenvalue weighted by atomic mass is 16.3. The fourth-order valence-corrected chi connectivity index (χ4v) is 7.92. The summed E-state index contributed by atoms with van der Waals surface area (Å²) in [7, 11) is 0. The van der Waals surface area contributed by atoms with Crippen molar-refractivity contribution in [2.24, 2.45) is 0 Å². The van der Waals surface area contributed by atoms with Crippen molar-refractivity contribution in [2.75, 3.05) is 0 Å². The summed E-state index contributed by atoms with van der Waals surface area (Å²) in [4.78, 5) is 10.5. The van der Waals surface area contributed by atoms with E-state index in [-0.39, 0.29) is 0 Å². The standard InChI is InChI=1S/C46H28N4O/c1-3-13-29(14-4-1)46-47-36(30-23-24-33-32-17-9-12-22-41(32)51-42(33)27-30)28-43(48-46)50-38-21-11-8-19-35(38)45-40(50)26-25-39-44(45)34-18-7-10-20-37(34)49(39)31-15-5-2-6-16-31/h1-28H. The molecule has 5 nitrogen and oxygen atoms in total. The zero-order valence-corrected chi connectivity index (χ0v) is 27.4. The Labute approximate surface area is 292 Å². The Morgan fingerprint density at radius 1 is 0.392 bits per heavy atom. The van der Waals surface area contributed by atoms with Gasteiger partial charge in [-0.2, -0.15) is 0 Å². The van der Waals surface area contributed by atoms with Gasteiger partial charge in [-0.25, -0.2) is 9.97 Å². The molecule has 0 unspecified atom stereocenters. The van der Waals surface area contributed by atoms with Crippen molar-refractivity contribution in [2.45, 2.75) is 0 Å². The topological polar surface area (TPSA) is 48.8 Å². The number of hydrogen-bond acceptors (Lipinski definition) is 3. The quantitative estimate of drug-likeness (QED) is 0.190. The van der Waals surface area contributed by atoms with Crippen molar-refractivity contribution < 1.29 is 4.42 Å². The molecule has 5 heteroatoms. The summed E-state index contributed by atoms with van der Waals surface area (Å²) >= 11 is 0. The normalized spacial score (nSPS) is 11.9. The van der Waals surface area contributed by atoms with Gasteiger partial charge in [-0.15, -0.1) is 0 Å². The molecule has 0 N–H and O–H groups in total. The maximum absolute atomic E-state index is 6.31. The molecule has 11 aromatic rings. The highest BCUT2D eigenvalue weighted by molar-refractivity contribution is 6.28. The monoisotopic (exact) mass is 652 g/mol. The number of benzene rings is 7. The van der Waals surface area contributed by atoms with Gasteiger partial charge in [0.25, 0.3) is 0 Å². The lowest BCUT2D eigenvalue weighted by Gasteiger charge is -2.12. The van der Waals surface area contributed by atoms with Crippen LogP contribution in [0.2, 0.25) is 0 Å². The number of nitrogens with zero attached hydrogens (tertiary/aromatic N) is 4. The van der Waals surface area contributed by atoms with Crippen molar-refractivity contribution in [3.05, 3.63) is 170 Å². The fraction of sp³-hybridized carbons (Fsp3) is 0. The molecule has 11 rings (SSSR count). The van der Waals surface area contributed by atoms with E-state index < -0.39 is 0 Å². The molecule has 238 valence electrons. The van der Waals surface area contributed by atoms with Gasteiger partial charge in [-0.3, -0.25) is 4.57 Å². The van der Waals surface area contributed by atoms with Crippen LogP contribution in [0.5, 0.6) is 0 Å². The minimum absolute atomic E-state index is 0.667. The molecule has 0 aliphatic rings. The van der Waals surface area contributed by atoms with Crippen LogP contribution in [0.4, 0.5) is 0 Å². The molecule has 0 spiro atoms. The number of hydrogen-bond donors (Lipinski definition) is 0. The van der Waals surface area contributed by atoms with Crippen molar-refractivity contribution in [1.29, 1.82) is 0 Å². The summed E-state index contributed by atoms with van der Waals surface area (Å²) in [6.45, 7) is 0. The Hall–Kier alpha value is -6.98. The second-order valence-corrected chi connectivity index (χ2v) is 13.0. The molecule has 0 saturated carbocycles. The Balaban J connectivity index is 1.22. The average molecular weight is 653 g/mol. The second-order valence-electron chi connectivity index (χ2n) is 13.0. The van der Waals surface area contributed by atoms with Gasteiger partial charge in [0.2, 0.25) is 0 Å². The van der Waals surface area contributed by atoms with E-state index in [1.165, 1.54) is 32.6 Å². The van der Waals surface area contributed by atoms with Gasteiger partial charge in [0.15, 0.2) is 5.82 Å². The summed E-state index contributed by atoms with van der Waals surface area (Å²) in [6, 6.07) is 59.4. The molecule has 7 aromatic carbocycles. The Bertz CT molecular complexity index is 3130. The molecular formula is C46H28N4O. The van der Waals surface area contributed by atoms with E-state index in [0.29, 0.717) is 5.82 Å². The van der Waals surface area contributed by atoms with Gasteiger partial charge in [0, 0.05) is 55.2 Å². The zero-order chi connectivity index (χ0) is 33.5. The van der Waals surface area contributed by atoms with Crippen molar-refractivity contribution in [1.82, 2.24) is 19.1 Å². The molecule has 0 aliphatic carbocycles. The predicted molar refractivity (Wildman–Crippen MR) is 209 cm³/mol. The van der Waals surface area contributed by atoms with E-state index in [2.05, 4.69) is 143 Å². The van der Waals surface area contributed by atoms with Crippen LogP contribution >= 0.6 is 0 Å². The van der Waals surface area contributed by atoms with Crippen LogP contribution in [0.1, 0.15) is 0 Å². The third-order valence-corrected chi connectivity index (χ3v) is 10.1. The first-order chi connectivity index (χ1) is 25.3. The van der Waals surface area contributed by atoms with Crippen LogP contribution in [-0.2, 0) is 0 Å². The Kier molecular flexibility index (Phi) is 5.89. The highest BCUT2D eigenvalue weighted by Crippen LogP contribution is 2.42. The largest absolute Gasteiger partial charge is 0.456 e. The van der Waals surface area contributed by atoms with Crippen LogP contribution in [0, 0.1) is 0 Å². The van der Waals surface area contributed by atoms with E-state index in [4.69, 9.17) is 14.4 Å². The molecule has 0 atom stereocenters. The lowest BCUT2D eigenvalue weighted by molar-refractivity contribution is 0.669. The summed E-state index contributed by atoms with van der Waals surface area (Å²) in [6.07, 6.45) is 0. The van der Waals surface area contributed by atoms with E-state index in [0.717, 1.165) is 61.3 Å². The number of para-hydroxylation sites is 4. The maximum atomic E-state index is 6.31. The summed E-state index contributed by atoms with van der Waals surface area (Å²) in [5.74, 6) is 1.47. The van der Waals surface area contributed by atoms with Crippen LogP contribution in [0.3, 0.4) is 0 Å². The Morgan fingerprint density at radius 3 is 1.73 bits per heavy atom. The first kappa shape index (κ1) is 27.9. The van der Waals surface area contributed by atoms with Crippen LogP contribution in [0.15, 0.2) is 174 Å². The zero-order valence-electron chi connectivity index (χ0n) is 27.4. The summed E-state index contributed by atoms with van der Waals surface area (Å²) in [5, 5.41) is 7.04. The maximum Gasteiger partial charge on any atom is 0.162 e. The van der Waals surface area contributed by atoms with Gasteiger partial charge < -0.3 is 8.98 Å². The number of fused-ring (bicyclic) bond motifs is 10. The van der Waals surface area contributed by atoms with Gasteiger partial charge in [-0.05, 0) is 54.6 Å². The third-order valence-electron chi connectivity index (χ3n) is 10.1. The first-order valence-electron chi connectivity index (χ1n) is 17.2. The number of furan rings is 1. The van der Waals surface area contributed by atoms with Crippen LogP contribution in [-0.4, -0.2) is 19.1 Å². The first-order valence-corrected chi connectivity index (χ1v) is 17.2. The minimum Gasteiger partial charge on any atom is -0.456 e. The van der Waals surface area contributed by atoms with Crippen molar-refractivity contribution in [3.63, 3.8) is 0 Å². The van der Waals surface area contributed by atoms with E-state index in [1.807, 2.05) is 36.4 Å². The van der Waals surface area contributed by atoms with E-state index in [9.17, 15) is 0 Å². The van der Waals surface area contributed by atoms with Crippen molar-refractivity contribution >= 4 is 65.6 Å². The third kappa shape index (κ3) is 4.15. The second kappa shape index (κ2) is 10.8. The number of rotatable bonds is 4. The molecule has 0 fully saturated rings. The lowest BCUT2D eigenvalue weighted by Crippen LogP contribution is -2.02. The summed E-state index contributed by atoms with van der Waals surface area (Å²) < 4.78 is 11.0. The molecule has 4 aromatic heterocycles. The molecule has 51 heavy (non-hydrogen) atoms. The molecular weight excluding hydrogens is 625 g/mol. The predicted octanol–water partition coefficient (Wildman–Crippen LogP) is 11.9. The highest BCUT2D eigenvalue weighted by Gasteiger charge is 2.22. The molecule has 0 saturated heterocycles. The minimum atomic E-state index is 0.667. The van der Waals surface area contributed by atoms with Crippen molar-refractivity contribution in [3.8, 4) is 34.2 Å². The van der Waals surface area contributed by atoms with Crippen LogP contribution in [0.25, 0.3) is 99.7 Å². The van der Waals surface area contributed by atoms with Gasteiger partial charge in [0.05, 0.1) is 27.8 Å². The molecule has 4 heterocycles. The van der Waals surface area contributed by atoms with Crippen LogP contribution < -0.4 is 0 Å². The summed E-state index contributed by atoms with van der Waals surface area (Å²) in [5.41, 5.74) is 10.1. The molecule has 0 bridgehead atoms. The average Bonchev–Trinajstić information content (AvgIpc) is 3.85. The molecule has 0 radical (unpaired) electrons.